The van der Waals surface area contributed by atoms with Crippen molar-refractivity contribution in [1.29, 1.82) is 0 Å². The lowest BCUT2D eigenvalue weighted by atomic mass is 10.2. The van der Waals surface area contributed by atoms with Crippen LogP contribution in [0.15, 0.2) is 58.6 Å². The summed E-state index contributed by atoms with van der Waals surface area (Å²) in [6.07, 6.45) is 1.68. The first-order valence-corrected chi connectivity index (χ1v) is 7.86. The molecule has 1 amide bonds. The number of hydrogen-bond donors (Lipinski definition) is 1. The highest BCUT2D eigenvalue weighted by atomic mass is 32.2. The first-order valence-electron chi connectivity index (χ1n) is 5.93. The molecule has 19 heavy (non-hydrogen) atoms. The molecule has 2 nitrogen and oxygen atoms in total. The zero-order chi connectivity index (χ0) is 13.5. The summed E-state index contributed by atoms with van der Waals surface area (Å²) in [7, 11) is 0. The van der Waals surface area contributed by atoms with Crippen molar-refractivity contribution in [1.82, 2.24) is 5.32 Å². The molecule has 0 atom stereocenters. The summed E-state index contributed by atoms with van der Waals surface area (Å²) >= 11 is 3.38. The number of benzene rings is 1. The van der Waals surface area contributed by atoms with Gasteiger partial charge in [0.15, 0.2) is 0 Å². The Labute approximate surface area is 121 Å². The maximum Gasteiger partial charge on any atom is 0.252 e. The predicted molar refractivity (Wildman–Crippen MR) is 82.9 cm³/mol. The third kappa shape index (κ3) is 3.98. The van der Waals surface area contributed by atoms with E-state index in [0.717, 1.165) is 16.2 Å². The number of nitrogens with one attached hydrogen (secondary N) is 1. The maximum absolute atomic E-state index is 12.0. The van der Waals surface area contributed by atoms with Crippen LogP contribution < -0.4 is 5.32 Å². The Morgan fingerprint density at radius 3 is 2.95 bits per heavy atom. The van der Waals surface area contributed by atoms with Gasteiger partial charge in [0.25, 0.3) is 5.91 Å². The van der Waals surface area contributed by atoms with Crippen molar-refractivity contribution < 1.29 is 4.79 Å². The number of rotatable bonds is 6. The van der Waals surface area contributed by atoms with Crippen LogP contribution in [0.2, 0.25) is 0 Å². The monoisotopic (exact) mass is 289 g/mol. The molecule has 1 N–H and O–H groups in total. The molecule has 1 aromatic carbocycles. The third-order valence-corrected chi connectivity index (χ3v) is 4.39. The molecule has 0 aliphatic rings. The molecule has 0 saturated carbocycles. The van der Waals surface area contributed by atoms with E-state index < -0.39 is 0 Å². The highest BCUT2D eigenvalue weighted by molar-refractivity contribution is 7.98. The zero-order valence-electron chi connectivity index (χ0n) is 10.5. The standard InChI is InChI=1S/C15H15NOS2/c1-2-8-16-15(17)13-5-3-4-6-14(13)19-11-12-7-9-18-10-12/h2-7,9-10H,1,8,11H2,(H,16,17). The van der Waals surface area contributed by atoms with Crippen molar-refractivity contribution in [2.24, 2.45) is 0 Å². The minimum atomic E-state index is -0.0479. The molecule has 0 radical (unpaired) electrons. The molecular formula is C15H15NOS2. The number of thiophene rings is 1. The molecule has 1 heterocycles. The summed E-state index contributed by atoms with van der Waals surface area (Å²) in [5.41, 5.74) is 2.01. The minimum Gasteiger partial charge on any atom is -0.349 e. The molecule has 2 aromatic rings. The second-order valence-corrected chi connectivity index (χ2v) is 5.71. The first-order chi connectivity index (χ1) is 9.31. The second-order valence-electron chi connectivity index (χ2n) is 3.92. The van der Waals surface area contributed by atoms with E-state index in [-0.39, 0.29) is 5.91 Å². The van der Waals surface area contributed by atoms with E-state index in [1.54, 1.807) is 29.2 Å². The largest absolute Gasteiger partial charge is 0.349 e. The van der Waals surface area contributed by atoms with Gasteiger partial charge in [0.05, 0.1) is 5.56 Å². The molecule has 1 aromatic heterocycles. The SMILES string of the molecule is C=CCNC(=O)c1ccccc1SCc1ccsc1. The van der Waals surface area contributed by atoms with Crippen molar-refractivity contribution >= 4 is 29.0 Å². The van der Waals surface area contributed by atoms with Crippen molar-refractivity contribution in [2.75, 3.05) is 6.54 Å². The second kappa shape index (κ2) is 7.16. The van der Waals surface area contributed by atoms with Gasteiger partial charge < -0.3 is 5.32 Å². The van der Waals surface area contributed by atoms with E-state index >= 15 is 0 Å². The number of thioether (sulfide) groups is 1. The summed E-state index contributed by atoms with van der Waals surface area (Å²) in [6.45, 7) is 4.09. The van der Waals surface area contributed by atoms with Gasteiger partial charge in [-0.25, -0.2) is 0 Å². The Bertz CT molecular complexity index is 549. The highest BCUT2D eigenvalue weighted by Gasteiger charge is 2.10. The van der Waals surface area contributed by atoms with Crippen molar-refractivity contribution in [3.63, 3.8) is 0 Å². The van der Waals surface area contributed by atoms with Crippen LogP contribution in [0.4, 0.5) is 0 Å². The Morgan fingerprint density at radius 1 is 1.37 bits per heavy atom. The van der Waals surface area contributed by atoms with Gasteiger partial charge in [0, 0.05) is 17.2 Å². The topological polar surface area (TPSA) is 29.1 Å². The normalized spacial score (nSPS) is 10.1. The number of carbonyl (C=O) groups excluding carboxylic acids is 1. The molecule has 0 unspecified atom stereocenters. The third-order valence-electron chi connectivity index (χ3n) is 2.51. The van der Waals surface area contributed by atoms with Gasteiger partial charge in [-0.1, -0.05) is 18.2 Å². The summed E-state index contributed by atoms with van der Waals surface area (Å²) in [5, 5.41) is 7.01. The van der Waals surface area contributed by atoms with Crippen LogP contribution in [0.5, 0.6) is 0 Å². The van der Waals surface area contributed by atoms with Crippen LogP contribution in [-0.4, -0.2) is 12.5 Å². The van der Waals surface area contributed by atoms with E-state index in [1.807, 2.05) is 24.3 Å². The van der Waals surface area contributed by atoms with Gasteiger partial charge in [-0.2, -0.15) is 11.3 Å². The van der Waals surface area contributed by atoms with Crippen molar-refractivity contribution in [2.45, 2.75) is 10.6 Å². The van der Waals surface area contributed by atoms with Crippen LogP contribution >= 0.6 is 23.1 Å². The summed E-state index contributed by atoms with van der Waals surface area (Å²) in [6, 6.07) is 9.80. The van der Waals surface area contributed by atoms with Crippen LogP contribution in [-0.2, 0) is 5.75 Å². The zero-order valence-corrected chi connectivity index (χ0v) is 12.1. The average molecular weight is 289 g/mol. The molecule has 0 aliphatic heterocycles. The van der Waals surface area contributed by atoms with Gasteiger partial charge in [0.2, 0.25) is 0 Å². The number of carbonyl (C=O) groups is 1. The Morgan fingerprint density at radius 2 is 2.21 bits per heavy atom. The minimum absolute atomic E-state index is 0.0479. The average Bonchev–Trinajstić information content (AvgIpc) is 2.96. The molecule has 4 heteroatoms. The first kappa shape index (κ1) is 13.9. The van der Waals surface area contributed by atoms with E-state index in [1.165, 1.54) is 5.56 Å². The quantitative estimate of drug-likeness (QED) is 0.644. The summed E-state index contributed by atoms with van der Waals surface area (Å²) in [5.74, 6) is 0.836. The molecule has 0 aliphatic carbocycles. The fourth-order valence-corrected chi connectivity index (χ4v) is 3.34. The fourth-order valence-electron chi connectivity index (χ4n) is 1.58. The molecule has 0 spiro atoms. The molecule has 0 saturated heterocycles. The van der Waals surface area contributed by atoms with Crippen LogP contribution in [0.25, 0.3) is 0 Å². The molecule has 0 fully saturated rings. The van der Waals surface area contributed by atoms with Gasteiger partial charge in [-0.3, -0.25) is 4.79 Å². The van der Waals surface area contributed by atoms with Gasteiger partial charge >= 0.3 is 0 Å². The van der Waals surface area contributed by atoms with E-state index in [4.69, 9.17) is 0 Å². The number of amides is 1. The number of hydrogen-bond acceptors (Lipinski definition) is 3. The molecular weight excluding hydrogens is 274 g/mol. The van der Waals surface area contributed by atoms with Gasteiger partial charge in [-0.15, -0.1) is 18.3 Å². The highest BCUT2D eigenvalue weighted by Crippen LogP contribution is 2.27. The maximum atomic E-state index is 12.0. The van der Waals surface area contributed by atoms with E-state index in [0.29, 0.717) is 6.54 Å². The Hall–Kier alpha value is -1.52. The van der Waals surface area contributed by atoms with Crippen LogP contribution in [0, 0.1) is 0 Å². The molecule has 98 valence electrons. The molecule has 0 bridgehead atoms. The van der Waals surface area contributed by atoms with Crippen molar-refractivity contribution in [3.8, 4) is 0 Å². The lowest BCUT2D eigenvalue weighted by Crippen LogP contribution is -2.23. The lowest BCUT2D eigenvalue weighted by Gasteiger charge is -2.08. The molecule has 2 rings (SSSR count). The van der Waals surface area contributed by atoms with E-state index in [9.17, 15) is 4.79 Å². The fraction of sp³-hybridized carbons (Fsp3) is 0.133. The smallest absolute Gasteiger partial charge is 0.252 e. The predicted octanol–water partition coefficient (Wildman–Crippen LogP) is 3.96. The Kier molecular flexibility index (Phi) is 5.24. The van der Waals surface area contributed by atoms with Crippen molar-refractivity contribution in [3.05, 3.63) is 64.9 Å². The summed E-state index contributed by atoms with van der Waals surface area (Å²) in [4.78, 5) is 13.0. The van der Waals surface area contributed by atoms with Crippen LogP contribution in [0.3, 0.4) is 0 Å². The van der Waals surface area contributed by atoms with Gasteiger partial charge in [-0.05, 0) is 34.5 Å². The van der Waals surface area contributed by atoms with Crippen LogP contribution in [0.1, 0.15) is 15.9 Å². The Balaban J connectivity index is 2.07. The van der Waals surface area contributed by atoms with E-state index in [2.05, 4.69) is 28.7 Å². The summed E-state index contributed by atoms with van der Waals surface area (Å²) < 4.78 is 0. The van der Waals surface area contributed by atoms with Gasteiger partial charge in [0.1, 0.15) is 0 Å². The lowest BCUT2D eigenvalue weighted by molar-refractivity contribution is 0.0955.